The van der Waals surface area contributed by atoms with Crippen LogP contribution in [0.1, 0.15) is 0 Å². The van der Waals surface area contributed by atoms with Crippen molar-refractivity contribution >= 4 is 21.5 Å². The first kappa shape index (κ1) is 14.9. The molecule has 0 aliphatic heterocycles. The summed E-state index contributed by atoms with van der Waals surface area (Å²) in [4.78, 5) is 0. The van der Waals surface area contributed by atoms with Gasteiger partial charge in [0.05, 0.1) is 0 Å². The molecule has 0 aromatic heterocycles. The average Bonchev–Trinajstić information content (AvgIpc) is 2.74. The van der Waals surface area contributed by atoms with Gasteiger partial charge in [-0.3, -0.25) is 0 Å². The van der Waals surface area contributed by atoms with Crippen LogP contribution in [-0.2, 0) is 0 Å². The van der Waals surface area contributed by atoms with Crippen molar-refractivity contribution in [2.45, 2.75) is 0 Å². The van der Waals surface area contributed by atoms with Crippen molar-refractivity contribution in [1.82, 2.24) is 0 Å². The zero-order valence-corrected chi connectivity index (χ0v) is 14.4. The lowest BCUT2D eigenvalue weighted by Gasteiger charge is -2.13. The standard InChI is InChI=1S/C26H18/c1-3-9-19(10-4-1)22-17-25(20-11-5-2-6-12-20)24-16-15-21-13-7-8-14-23(21)26(24)18-22/h1-18H. The third kappa shape index (κ3) is 2.48. The quantitative estimate of drug-likeness (QED) is 0.297. The Morgan fingerprint density at radius 2 is 1.00 bits per heavy atom. The molecule has 0 bridgehead atoms. The number of hydrogen-bond acceptors (Lipinski definition) is 0. The minimum atomic E-state index is 1.25. The maximum atomic E-state index is 2.33. The molecular weight excluding hydrogens is 312 g/mol. The fourth-order valence-electron chi connectivity index (χ4n) is 3.77. The summed E-state index contributed by atoms with van der Waals surface area (Å²) in [6.45, 7) is 0. The summed E-state index contributed by atoms with van der Waals surface area (Å²) >= 11 is 0. The van der Waals surface area contributed by atoms with Crippen LogP contribution < -0.4 is 0 Å². The minimum absolute atomic E-state index is 1.25. The topological polar surface area (TPSA) is 0 Å². The van der Waals surface area contributed by atoms with E-state index in [4.69, 9.17) is 0 Å². The van der Waals surface area contributed by atoms with Crippen LogP contribution in [0.15, 0.2) is 109 Å². The SMILES string of the molecule is c1ccc(-c2cc(-c3ccccc3)c3ccc4ccccc4c3c2)cc1. The van der Waals surface area contributed by atoms with E-state index in [0.717, 1.165) is 0 Å². The highest BCUT2D eigenvalue weighted by Gasteiger charge is 2.10. The predicted octanol–water partition coefficient (Wildman–Crippen LogP) is 7.33. The summed E-state index contributed by atoms with van der Waals surface area (Å²) < 4.78 is 0. The Labute approximate surface area is 153 Å². The summed E-state index contributed by atoms with van der Waals surface area (Å²) in [6, 6.07) is 39.1. The molecule has 0 aliphatic carbocycles. The van der Waals surface area contributed by atoms with Gasteiger partial charge in [-0.15, -0.1) is 0 Å². The van der Waals surface area contributed by atoms with E-state index in [1.54, 1.807) is 0 Å². The van der Waals surface area contributed by atoms with Gasteiger partial charge in [-0.25, -0.2) is 0 Å². The molecule has 0 aliphatic rings. The van der Waals surface area contributed by atoms with Crippen LogP contribution in [0.25, 0.3) is 43.8 Å². The lowest BCUT2D eigenvalue weighted by molar-refractivity contribution is 1.62. The molecule has 0 radical (unpaired) electrons. The lowest BCUT2D eigenvalue weighted by Crippen LogP contribution is -1.87. The Hall–Kier alpha value is -3.38. The second-order valence-electron chi connectivity index (χ2n) is 6.64. The van der Waals surface area contributed by atoms with Crippen LogP contribution >= 0.6 is 0 Å². The fraction of sp³-hybridized carbons (Fsp3) is 0. The van der Waals surface area contributed by atoms with Gasteiger partial charge in [0.15, 0.2) is 0 Å². The monoisotopic (exact) mass is 330 g/mol. The van der Waals surface area contributed by atoms with Gasteiger partial charge in [0.1, 0.15) is 0 Å². The van der Waals surface area contributed by atoms with Gasteiger partial charge in [0, 0.05) is 0 Å². The Morgan fingerprint density at radius 3 is 1.77 bits per heavy atom. The maximum Gasteiger partial charge on any atom is -0.00930 e. The molecule has 0 N–H and O–H groups in total. The van der Waals surface area contributed by atoms with E-state index in [0.29, 0.717) is 0 Å². The zero-order chi connectivity index (χ0) is 17.3. The normalized spacial score (nSPS) is 11.1. The molecule has 0 heterocycles. The van der Waals surface area contributed by atoms with Crippen LogP contribution in [0.2, 0.25) is 0 Å². The van der Waals surface area contributed by atoms with Crippen molar-refractivity contribution in [3.8, 4) is 22.3 Å². The number of rotatable bonds is 2. The molecule has 122 valence electrons. The van der Waals surface area contributed by atoms with Gasteiger partial charge in [0.25, 0.3) is 0 Å². The minimum Gasteiger partial charge on any atom is -0.0622 e. The molecule has 0 fully saturated rings. The highest BCUT2D eigenvalue weighted by atomic mass is 14.1. The highest BCUT2D eigenvalue weighted by Crippen LogP contribution is 2.37. The Bertz CT molecular complexity index is 1200. The van der Waals surface area contributed by atoms with E-state index in [-0.39, 0.29) is 0 Å². The van der Waals surface area contributed by atoms with E-state index in [1.807, 2.05) is 0 Å². The van der Waals surface area contributed by atoms with E-state index in [2.05, 4.69) is 109 Å². The Kier molecular flexibility index (Phi) is 3.54. The molecule has 0 spiro atoms. The highest BCUT2D eigenvalue weighted by molar-refractivity contribution is 6.13. The molecule has 0 heteroatoms. The van der Waals surface area contributed by atoms with Crippen molar-refractivity contribution in [3.05, 3.63) is 109 Å². The van der Waals surface area contributed by atoms with E-state index >= 15 is 0 Å². The van der Waals surface area contributed by atoms with Crippen LogP contribution in [0, 0.1) is 0 Å². The van der Waals surface area contributed by atoms with Gasteiger partial charge in [-0.2, -0.15) is 0 Å². The number of fused-ring (bicyclic) bond motifs is 3. The molecule has 0 amide bonds. The van der Waals surface area contributed by atoms with Crippen LogP contribution in [0.5, 0.6) is 0 Å². The molecule has 5 aromatic rings. The Morgan fingerprint density at radius 1 is 0.346 bits per heavy atom. The third-order valence-corrected chi connectivity index (χ3v) is 5.05. The van der Waals surface area contributed by atoms with Crippen molar-refractivity contribution < 1.29 is 0 Å². The Balaban J connectivity index is 1.91. The molecule has 5 aromatic carbocycles. The number of benzene rings is 5. The van der Waals surface area contributed by atoms with Gasteiger partial charge < -0.3 is 0 Å². The third-order valence-electron chi connectivity index (χ3n) is 5.05. The molecule has 0 atom stereocenters. The average molecular weight is 330 g/mol. The van der Waals surface area contributed by atoms with Crippen LogP contribution in [0.4, 0.5) is 0 Å². The van der Waals surface area contributed by atoms with E-state index in [1.165, 1.54) is 43.8 Å². The predicted molar refractivity (Wildman–Crippen MR) is 112 cm³/mol. The van der Waals surface area contributed by atoms with E-state index in [9.17, 15) is 0 Å². The molecule has 0 unspecified atom stereocenters. The van der Waals surface area contributed by atoms with E-state index < -0.39 is 0 Å². The molecule has 0 nitrogen and oxygen atoms in total. The molecule has 0 saturated carbocycles. The molecule has 0 saturated heterocycles. The van der Waals surface area contributed by atoms with Crippen molar-refractivity contribution in [1.29, 1.82) is 0 Å². The summed E-state index contributed by atoms with van der Waals surface area (Å²) in [7, 11) is 0. The van der Waals surface area contributed by atoms with Crippen molar-refractivity contribution in [2.75, 3.05) is 0 Å². The fourth-order valence-corrected chi connectivity index (χ4v) is 3.77. The van der Waals surface area contributed by atoms with Gasteiger partial charge in [0.2, 0.25) is 0 Å². The summed E-state index contributed by atoms with van der Waals surface area (Å²) in [5.74, 6) is 0. The first-order chi connectivity index (χ1) is 12.9. The second-order valence-corrected chi connectivity index (χ2v) is 6.64. The second kappa shape index (κ2) is 6.16. The first-order valence-electron chi connectivity index (χ1n) is 8.96. The van der Waals surface area contributed by atoms with Gasteiger partial charge >= 0.3 is 0 Å². The zero-order valence-electron chi connectivity index (χ0n) is 14.4. The largest absolute Gasteiger partial charge is 0.0622 e. The molecular formula is C26H18. The van der Waals surface area contributed by atoms with Crippen molar-refractivity contribution in [2.24, 2.45) is 0 Å². The smallest absolute Gasteiger partial charge is 0.00930 e. The van der Waals surface area contributed by atoms with Crippen molar-refractivity contribution in [3.63, 3.8) is 0 Å². The van der Waals surface area contributed by atoms with Crippen LogP contribution in [-0.4, -0.2) is 0 Å². The molecule has 5 rings (SSSR count). The van der Waals surface area contributed by atoms with Crippen LogP contribution in [0.3, 0.4) is 0 Å². The summed E-state index contributed by atoms with van der Waals surface area (Å²) in [5.41, 5.74) is 5.05. The van der Waals surface area contributed by atoms with Gasteiger partial charge in [-0.1, -0.05) is 97.1 Å². The molecule has 26 heavy (non-hydrogen) atoms. The summed E-state index contributed by atoms with van der Waals surface area (Å²) in [5, 5.41) is 5.20. The lowest BCUT2D eigenvalue weighted by atomic mass is 9.90. The number of hydrogen-bond donors (Lipinski definition) is 0. The van der Waals surface area contributed by atoms with Gasteiger partial charge in [-0.05, 0) is 55.9 Å². The summed E-state index contributed by atoms with van der Waals surface area (Å²) in [6.07, 6.45) is 0. The maximum absolute atomic E-state index is 2.33. The first-order valence-corrected chi connectivity index (χ1v) is 8.96.